The number of benzene rings is 1. The summed E-state index contributed by atoms with van der Waals surface area (Å²) in [5.41, 5.74) is 6.75. The first-order valence-electron chi connectivity index (χ1n) is 9.78. The number of Topliss-reactive ketones (excluding diaryl/α,β-unsaturated/α-hetero) is 2. The second kappa shape index (κ2) is 6.56. The number of allylic oxidation sites excluding steroid dienone is 3. The van der Waals surface area contributed by atoms with Gasteiger partial charge >= 0.3 is 0 Å². The summed E-state index contributed by atoms with van der Waals surface area (Å²) in [6.07, 6.45) is 3.62. The van der Waals surface area contributed by atoms with Gasteiger partial charge in [0.25, 0.3) is 5.91 Å². The van der Waals surface area contributed by atoms with Crippen LogP contribution in [0.5, 0.6) is 5.75 Å². The number of phenols is 1. The van der Waals surface area contributed by atoms with E-state index < -0.39 is 46.6 Å². The van der Waals surface area contributed by atoms with E-state index in [1.807, 2.05) is 0 Å². The molecule has 0 spiro atoms. The maximum Gasteiger partial charge on any atom is 0.255 e. The lowest BCUT2D eigenvalue weighted by Gasteiger charge is -2.41. The predicted molar refractivity (Wildman–Crippen MR) is 105 cm³/mol. The largest absolute Gasteiger partial charge is 0.511 e. The first-order valence-corrected chi connectivity index (χ1v) is 9.78. The Kier molecular flexibility index (Phi) is 4.04. The first-order chi connectivity index (χ1) is 14.8. The third-order valence-electron chi connectivity index (χ3n) is 6.51. The fraction of sp³-hybridized carbons (Fsp3) is 0.273. The molecule has 1 aromatic heterocycles. The van der Waals surface area contributed by atoms with Gasteiger partial charge in [-0.15, -0.1) is 0 Å². The minimum atomic E-state index is -1.13. The van der Waals surface area contributed by atoms with Crippen molar-refractivity contribution < 1.29 is 34.2 Å². The fourth-order valence-corrected chi connectivity index (χ4v) is 5.25. The smallest absolute Gasteiger partial charge is 0.255 e. The molecular formula is C22H18N2O7. The molecule has 3 aliphatic rings. The number of rotatable bonds is 2. The summed E-state index contributed by atoms with van der Waals surface area (Å²) in [5.74, 6) is -5.48. The molecule has 1 heterocycles. The van der Waals surface area contributed by atoms with Crippen molar-refractivity contribution in [1.82, 2.24) is 5.16 Å². The van der Waals surface area contributed by atoms with Crippen LogP contribution in [-0.4, -0.2) is 37.9 Å². The molecule has 9 heteroatoms. The van der Waals surface area contributed by atoms with Crippen LogP contribution < -0.4 is 5.73 Å². The van der Waals surface area contributed by atoms with E-state index in [0.717, 1.165) is 0 Å². The Morgan fingerprint density at radius 3 is 2.61 bits per heavy atom. The van der Waals surface area contributed by atoms with Crippen molar-refractivity contribution in [2.75, 3.05) is 0 Å². The zero-order chi connectivity index (χ0) is 22.0. The van der Waals surface area contributed by atoms with Crippen molar-refractivity contribution in [2.45, 2.75) is 19.3 Å². The number of nitrogens with two attached hydrogens (primary N) is 1. The molecule has 158 valence electrons. The molecule has 0 bridgehead atoms. The number of fused-ring (bicyclic) bond motifs is 3. The monoisotopic (exact) mass is 422 g/mol. The lowest BCUT2D eigenvalue weighted by atomic mass is 9.62. The minimum Gasteiger partial charge on any atom is -0.511 e. The summed E-state index contributed by atoms with van der Waals surface area (Å²) in [6, 6.07) is 3.06. The summed E-state index contributed by atoms with van der Waals surface area (Å²) < 4.78 is 4.91. The quantitative estimate of drug-likeness (QED) is 0.535. The molecule has 0 radical (unpaired) electrons. The zero-order valence-corrected chi connectivity index (χ0v) is 16.2. The minimum absolute atomic E-state index is 0.00210. The number of nitrogens with zero attached hydrogens (tertiary/aromatic N) is 1. The maximum atomic E-state index is 13.4. The third kappa shape index (κ3) is 2.62. The number of primary amides is 1. The summed E-state index contributed by atoms with van der Waals surface area (Å²) in [6.45, 7) is 0. The lowest BCUT2D eigenvalue weighted by molar-refractivity contribution is -0.126. The van der Waals surface area contributed by atoms with Crippen LogP contribution in [0.4, 0.5) is 0 Å². The van der Waals surface area contributed by atoms with Gasteiger partial charge in [0.1, 0.15) is 29.1 Å². The molecule has 31 heavy (non-hydrogen) atoms. The van der Waals surface area contributed by atoms with Gasteiger partial charge in [-0.1, -0.05) is 11.2 Å². The van der Waals surface area contributed by atoms with Gasteiger partial charge < -0.3 is 25.6 Å². The van der Waals surface area contributed by atoms with E-state index in [0.29, 0.717) is 29.5 Å². The molecule has 0 saturated carbocycles. The summed E-state index contributed by atoms with van der Waals surface area (Å²) in [5, 5.41) is 35.3. The first kappa shape index (κ1) is 19.1. The molecule has 3 unspecified atom stereocenters. The molecule has 1 aromatic carbocycles. The van der Waals surface area contributed by atoms with Gasteiger partial charge in [-0.05, 0) is 41.9 Å². The number of aliphatic hydroxyl groups excluding tert-OH is 2. The van der Waals surface area contributed by atoms with Gasteiger partial charge in [-0.25, -0.2) is 0 Å². The highest BCUT2D eigenvalue weighted by Gasteiger charge is 2.50. The Balaban J connectivity index is 1.66. The molecule has 5 rings (SSSR count). The standard InChI is InChI=1S/C22H18N2O7/c23-22(30)18-14(26)5-9-3-8-4-12-11(10-6-24-31-7-10)1-2-13(25)17(12)20(28)15(8)19(27)16(9)21(18)29/h1-2,6-9,16,25-27H,3-5H2,(H2,23,30). The Labute approximate surface area is 175 Å². The van der Waals surface area contributed by atoms with E-state index in [4.69, 9.17) is 10.3 Å². The molecule has 0 saturated heterocycles. The van der Waals surface area contributed by atoms with E-state index in [-0.39, 0.29) is 29.1 Å². The highest BCUT2D eigenvalue weighted by atomic mass is 16.5. The van der Waals surface area contributed by atoms with Crippen LogP contribution in [0.25, 0.3) is 11.1 Å². The van der Waals surface area contributed by atoms with E-state index in [1.165, 1.54) is 18.5 Å². The predicted octanol–water partition coefficient (Wildman–Crippen LogP) is 2.12. The van der Waals surface area contributed by atoms with Crippen molar-refractivity contribution in [3.63, 3.8) is 0 Å². The average Bonchev–Trinajstić information content (AvgIpc) is 3.21. The maximum absolute atomic E-state index is 13.4. The molecular weight excluding hydrogens is 404 g/mol. The van der Waals surface area contributed by atoms with Gasteiger partial charge in [0.15, 0.2) is 11.6 Å². The number of phenolic OH excluding ortho intramolecular Hbond substituents is 1. The normalized spacial score (nSPS) is 25.2. The molecule has 9 nitrogen and oxygen atoms in total. The number of carbonyl (C=O) groups is 3. The van der Waals surface area contributed by atoms with Gasteiger partial charge in [0, 0.05) is 17.6 Å². The van der Waals surface area contributed by atoms with E-state index >= 15 is 0 Å². The SMILES string of the molecule is NC(=O)C1=C(O)CC2CC3Cc4c(-c5cnoc5)ccc(O)c4C(=O)C3=C(O)C2C1=O. The number of aromatic hydroxyl groups is 1. The van der Waals surface area contributed by atoms with Crippen LogP contribution in [0.15, 0.2) is 51.8 Å². The summed E-state index contributed by atoms with van der Waals surface area (Å²) in [4.78, 5) is 37.9. The molecule has 2 aromatic rings. The molecule has 3 atom stereocenters. The van der Waals surface area contributed by atoms with Gasteiger partial charge in [0.05, 0.1) is 17.7 Å². The number of aromatic nitrogens is 1. The van der Waals surface area contributed by atoms with Crippen molar-refractivity contribution in [1.29, 1.82) is 0 Å². The van der Waals surface area contributed by atoms with Crippen LogP contribution in [-0.2, 0) is 16.0 Å². The molecule has 0 fully saturated rings. The second-order valence-corrected chi connectivity index (χ2v) is 8.16. The van der Waals surface area contributed by atoms with Crippen molar-refractivity contribution >= 4 is 17.5 Å². The van der Waals surface area contributed by atoms with E-state index in [2.05, 4.69) is 5.16 Å². The Morgan fingerprint density at radius 2 is 1.94 bits per heavy atom. The Morgan fingerprint density at radius 1 is 1.16 bits per heavy atom. The van der Waals surface area contributed by atoms with E-state index in [1.54, 1.807) is 6.07 Å². The molecule has 3 aliphatic carbocycles. The van der Waals surface area contributed by atoms with Crippen LogP contribution in [0.2, 0.25) is 0 Å². The average molecular weight is 422 g/mol. The number of ketones is 2. The highest BCUT2D eigenvalue weighted by molar-refractivity contribution is 6.22. The third-order valence-corrected chi connectivity index (χ3v) is 6.51. The number of aliphatic hydroxyl groups is 2. The number of hydrogen-bond acceptors (Lipinski definition) is 8. The molecule has 5 N–H and O–H groups in total. The number of carbonyl (C=O) groups excluding carboxylic acids is 3. The number of amides is 1. The van der Waals surface area contributed by atoms with Crippen molar-refractivity contribution in [2.24, 2.45) is 23.5 Å². The topological polar surface area (TPSA) is 164 Å². The van der Waals surface area contributed by atoms with Gasteiger partial charge in [0.2, 0.25) is 0 Å². The highest BCUT2D eigenvalue weighted by Crippen LogP contribution is 2.50. The summed E-state index contributed by atoms with van der Waals surface area (Å²) in [7, 11) is 0. The zero-order valence-electron chi connectivity index (χ0n) is 16.2. The van der Waals surface area contributed by atoms with Gasteiger partial charge in [-0.3, -0.25) is 14.4 Å². The van der Waals surface area contributed by atoms with Crippen LogP contribution in [0.3, 0.4) is 0 Å². The van der Waals surface area contributed by atoms with Crippen molar-refractivity contribution in [3.05, 3.63) is 58.4 Å². The lowest BCUT2D eigenvalue weighted by Crippen LogP contribution is -2.43. The van der Waals surface area contributed by atoms with Crippen LogP contribution >= 0.6 is 0 Å². The molecule has 1 amide bonds. The van der Waals surface area contributed by atoms with E-state index in [9.17, 15) is 29.7 Å². The van der Waals surface area contributed by atoms with Gasteiger partial charge in [-0.2, -0.15) is 0 Å². The Hall–Kier alpha value is -3.88. The number of hydrogen-bond donors (Lipinski definition) is 4. The Bertz CT molecular complexity index is 1220. The molecule has 0 aliphatic heterocycles. The van der Waals surface area contributed by atoms with Crippen molar-refractivity contribution in [3.8, 4) is 16.9 Å². The summed E-state index contributed by atoms with van der Waals surface area (Å²) >= 11 is 0. The second-order valence-electron chi connectivity index (χ2n) is 8.16. The van der Waals surface area contributed by atoms with Crippen LogP contribution in [0.1, 0.15) is 28.8 Å². The van der Waals surface area contributed by atoms with Crippen LogP contribution in [0, 0.1) is 17.8 Å². The fourth-order valence-electron chi connectivity index (χ4n) is 5.25.